The van der Waals surface area contributed by atoms with Crippen molar-refractivity contribution in [1.29, 1.82) is 0 Å². The summed E-state index contributed by atoms with van der Waals surface area (Å²) in [5.41, 5.74) is 2.36. The lowest BCUT2D eigenvalue weighted by Gasteiger charge is -2.18. The molecule has 4 nitrogen and oxygen atoms in total. The van der Waals surface area contributed by atoms with Gasteiger partial charge in [0.2, 0.25) is 0 Å². The maximum Gasteiger partial charge on any atom is 0.0947 e. The van der Waals surface area contributed by atoms with Crippen molar-refractivity contribution in [2.75, 3.05) is 6.54 Å². The molecule has 0 spiro atoms. The molecule has 1 unspecified atom stereocenters. The van der Waals surface area contributed by atoms with Crippen molar-refractivity contribution in [2.45, 2.75) is 46.2 Å². The van der Waals surface area contributed by atoms with Crippen LogP contribution in [0.1, 0.15) is 42.7 Å². The van der Waals surface area contributed by atoms with Crippen molar-refractivity contribution in [1.82, 2.24) is 20.1 Å². The van der Waals surface area contributed by atoms with Crippen LogP contribution in [0, 0.1) is 6.92 Å². The van der Waals surface area contributed by atoms with Gasteiger partial charge in [0, 0.05) is 30.2 Å². The maximum absolute atomic E-state index is 4.57. The Bertz CT molecular complexity index is 503. The van der Waals surface area contributed by atoms with E-state index in [4.69, 9.17) is 0 Å². The Kier molecular flexibility index (Phi) is 5.10. The van der Waals surface area contributed by atoms with Crippen molar-refractivity contribution < 1.29 is 0 Å². The van der Waals surface area contributed by atoms with Crippen LogP contribution in [-0.2, 0) is 13.0 Å². The van der Waals surface area contributed by atoms with E-state index in [1.807, 2.05) is 13.1 Å². The third kappa shape index (κ3) is 3.64. The first-order chi connectivity index (χ1) is 9.24. The van der Waals surface area contributed by atoms with Crippen LogP contribution in [-0.4, -0.2) is 21.3 Å². The van der Waals surface area contributed by atoms with E-state index in [-0.39, 0.29) is 0 Å². The first-order valence-corrected chi connectivity index (χ1v) is 7.78. The SMILES string of the molecule is CCCNC(Cc1nc(C)cs1)c1ccnn1CC. The van der Waals surface area contributed by atoms with Gasteiger partial charge in [-0.25, -0.2) is 4.98 Å². The van der Waals surface area contributed by atoms with Crippen LogP contribution in [0.5, 0.6) is 0 Å². The van der Waals surface area contributed by atoms with Gasteiger partial charge in [0.05, 0.1) is 16.7 Å². The molecule has 19 heavy (non-hydrogen) atoms. The van der Waals surface area contributed by atoms with Gasteiger partial charge in [-0.05, 0) is 32.9 Å². The van der Waals surface area contributed by atoms with E-state index in [9.17, 15) is 0 Å². The molecule has 0 aliphatic rings. The molecule has 0 fully saturated rings. The summed E-state index contributed by atoms with van der Waals surface area (Å²) in [6.07, 6.45) is 3.95. The number of nitrogens with zero attached hydrogens (tertiary/aromatic N) is 3. The highest BCUT2D eigenvalue weighted by atomic mass is 32.1. The second-order valence-electron chi connectivity index (χ2n) is 4.67. The summed E-state index contributed by atoms with van der Waals surface area (Å²) >= 11 is 1.74. The lowest BCUT2D eigenvalue weighted by atomic mass is 10.1. The summed E-state index contributed by atoms with van der Waals surface area (Å²) in [6.45, 7) is 8.29. The molecule has 2 aromatic rings. The molecular weight excluding hydrogens is 256 g/mol. The molecule has 2 rings (SSSR count). The summed E-state index contributed by atoms with van der Waals surface area (Å²) in [6, 6.07) is 2.41. The smallest absolute Gasteiger partial charge is 0.0947 e. The largest absolute Gasteiger partial charge is 0.308 e. The summed E-state index contributed by atoms with van der Waals surface area (Å²) < 4.78 is 2.06. The summed E-state index contributed by atoms with van der Waals surface area (Å²) in [4.78, 5) is 4.57. The third-order valence-electron chi connectivity index (χ3n) is 3.09. The van der Waals surface area contributed by atoms with Crippen LogP contribution in [0.25, 0.3) is 0 Å². The van der Waals surface area contributed by atoms with Crippen molar-refractivity contribution >= 4 is 11.3 Å². The van der Waals surface area contributed by atoms with Gasteiger partial charge in [-0.2, -0.15) is 5.10 Å². The van der Waals surface area contributed by atoms with Crippen molar-refractivity contribution in [2.24, 2.45) is 0 Å². The van der Waals surface area contributed by atoms with Gasteiger partial charge < -0.3 is 5.32 Å². The molecule has 2 heterocycles. The van der Waals surface area contributed by atoms with Gasteiger partial charge in [-0.15, -0.1) is 11.3 Å². The van der Waals surface area contributed by atoms with Gasteiger partial charge in [0.1, 0.15) is 0 Å². The molecule has 5 heteroatoms. The molecule has 0 saturated heterocycles. The highest BCUT2D eigenvalue weighted by Crippen LogP contribution is 2.20. The van der Waals surface area contributed by atoms with Crippen molar-refractivity contribution in [3.05, 3.63) is 34.0 Å². The van der Waals surface area contributed by atoms with Crippen LogP contribution in [0.4, 0.5) is 0 Å². The Morgan fingerprint density at radius 1 is 1.42 bits per heavy atom. The minimum absolute atomic E-state index is 0.299. The fraction of sp³-hybridized carbons (Fsp3) is 0.571. The Labute approximate surface area is 118 Å². The van der Waals surface area contributed by atoms with Crippen LogP contribution >= 0.6 is 11.3 Å². The zero-order valence-corrected chi connectivity index (χ0v) is 12.7. The van der Waals surface area contributed by atoms with E-state index < -0.39 is 0 Å². The molecule has 2 aromatic heterocycles. The van der Waals surface area contributed by atoms with E-state index in [0.717, 1.165) is 31.6 Å². The monoisotopic (exact) mass is 278 g/mol. The topological polar surface area (TPSA) is 42.7 Å². The summed E-state index contributed by atoms with van der Waals surface area (Å²) in [5, 5.41) is 11.3. The highest BCUT2D eigenvalue weighted by molar-refractivity contribution is 7.09. The quantitative estimate of drug-likeness (QED) is 0.846. The first kappa shape index (κ1) is 14.2. The van der Waals surface area contributed by atoms with Crippen molar-refractivity contribution in [3.8, 4) is 0 Å². The molecule has 1 N–H and O–H groups in total. The minimum atomic E-state index is 0.299. The lowest BCUT2D eigenvalue weighted by molar-refractivity contribution is 0.478. The number of nitrogens with one attached hydrogen (secondary N) is 1. The Morgan fingerprint density at radius 3 is 2.89 bits per heavy atom. The zero-order chi connectivity index (χ0) is 13.7. The van der Waals surface area contributed by atoms with E-state index in [0.29, 0.717) is 6.04 Å². The average Bonchev–Trinajstić information content (AvgIpc) is 3.03. The zero-order valence-electron chi connectivity index (χ0n) is 11.9. The second-order valence-corrected chi connectivity index (χ2v) is 5.61. The third-order valence-corrected chi connectivity index (χ3v) is 4.08. The molecule has 0 aliphatic carbocycles. The molecule has 0 saturated carbocycles. The van der Waals surface area contributed by atoms with Gasteiger partial charge in [-0.1, -0.05) is 6.92 Å². The number of rotatable bonds is 7. The van der Waals surface area contributed by atoms with E-state index in [1.54, 1.807) is 11.3 Å². The Morgan fingerprint density at radius 2 is 2.26 bits per heavy atom. The molecular formula is C14H22N4S. The average molecular weight is 278 g/mol. The predicted octanol–water partition coefficient (Wildman–Crippen LogP) is 2.95. The van der Waals surface area contributed by atoms with Crippen LogP contribution in [0.3, 0.4) is 0 Å². The molecule has 1 atom stereocenters. The Hall–Kier alpha value is -1.20. The lowest BCUT2D eigenvalue weighted by Crippen LogP contribution is -2.26. The van der Waals surface area contributed by atoms with E-state index in [2.05, 4.69) is 45.4 Å². The van der Waals surface area contributed by atoms with Crippen molar-refractivity contribution in [3.63, 3.8) is 0 Å². The fourth-order valence-electron chi connectivity index (χ4n) is 2.17. The minimum Gasteiger partial charge on any atom is -0.308 e. The summed E-state index contributed by atoms with van der Waals surface area (Å²) in [7, 11) is 0. The molecule has 0 aromatic carbocycles. The maximum atomic E-state index is 4.57. The predicted molar refractivity (Wildman–Crippen MR) is 79.5 cm³/mol. The number of aromatic nitrogens is 3. The number of hydrogen-bond acceptors (Lipinski definition) is 4. The van der Waals surface area contributed by atoms with Gasteiger partial charge in [0.25, 0.3) is 0 Å². The number of thiazole rings is 1. The second kappa shape index (κ2) is 6.82. The van der Waals surface area contributed by atoms with Gasteiger partial charge >= 0.3 is 0 Å². The molecule has 104 valence electrons. The van der Waals surface area contributed by atoms with Crippen LogP contribution in [0.2, 0.25) is 0 Å². The van der Waals surface area contributed by atoms with E-state index >= 15 is 0 Å². The highest BCUT2D eigenvalue weighted by Gasteiger charge is 2.17. The van der Waals surface area contributed by atoms with Gasteiger partial charge in [0.15, 0.2) is 0 Å². The van der Waals surface area contributed by atoms with Gasteiger partial charge in [-0.3, -0.25) is 4.68 Å². The molecule has 0 bridgehead atoms. The number of hydrogen-bond donors (Lipinski definition) is 1. The first-order valence-electron chi connectivity index (χ1n) is 6.90. The standard InChI is InChI=1S/C14H22N4S/c1-4-7-15-12(9-14-17-11(3)10-19-14)13-6-8-16-18(13)5-2/h6,8,10,12,15H,4-5,7,9H2,1-3H3. The number of aryl methyl sites for hydroxylation is 2. The molecule has 0 radical (unpaired) electrons. The van der Waals surface area contributed by atoms with Crippen LogP contribution in [0.15, 0.2) is 17.6 Å². The fourth-order valence-corrected chi connectivity index (χ4v) is 2.99. The Balaban J connectivity index is 2.15. The van der Waals surface area contributed by atoms with E-state index in [1.165, 1.54) is 10.7 Å². The normalized spacial score (nSPS) is 12.8. The van der Waals surface area contributed by atoms with Crippen LogP contribution < -0.4 is 5.32 Å². The molecule has 0 amide bonds. The molecule has 0 aliphatic heterocycles. The summed E-state index contributed by atoms with van der Waals surface area (Å²) in [5.74, 6) is 0.